The molecule has 1 amide bonds. The molecule has 4 heteroatoms. The fourth-order valence-electron chi connectivity index (χ4n) is 2.56. The van der Waals surface area contributed by atoms with Gasteiger partial charge in [-0.2, -0.15) is 0 Å². The molecule has 0 saturated carbocycles. The number of carbonyl (C=O) groups is 1. The molecule has 0 atom stereocenters. The van der Waals surface area contributed by atoms with E-state index >= 15 is 0 Å². The van der Waals surface area contributed by atoms with Gasteiger partial charge in [-0.15, -0.1) is 0 Å². The minimum atomic E-state index is -0.120. The Bertz CT molecular complexity index is 838. The van der Waals surface area contributed by atoms with Crippen molar-refractivity contribution in [2.75, 3.05) is 14.2 Å². The van der Waals surface area contributed by atoms with Gasteiger partial charge in [0, 0.05) is 36.0 Å². The summed E-state index contributed by atoms with van der Waals surface area (Å²) in [6.45, 7) is 0. The Kier molecular flexibility index (Phi) is 3.74. The lowest BCUT2D eigenvalue weighted by atomic mass is 9.97. The molecule has 0 unspecified atom stereocenters. The first kappa shape index (κ1) is 14.1. The number of nitrogens with one attached hydrogen (secondary N) is 1. The number of benzene rings is 2. The summed E-state index contributed by atoms with van der Waals surface area (Å²) >= 11 is 0. The van der Waals surface area contributed by atoms with Crippen molar-refractivity contribution in [2.24, 2.45) is 0 Å². The molecule has 0 aliphatic rings. The van der Waals surface area contributed by atoms with E-state index < -0.39 is 0 Å². The van der Waals surface area contributed by atoms with Crippen LogP contribution in [-0.4, -0.2) is 25.0 Å². The maximum absolute atomic E-state index is 11.9. The smallest absolute Gasteiger partial charge is 0.251 e. The average molecular weight is 292 g/mol. The minimum Gasteiger partial charge on any atom is -0.496 e. The maximum Gasteiger partial charge on any atom is 0.251 e. The molecule has 0 fully saturated rings. The number of aromatic nitrogens is 1. The monoisotopic (exact) mass is 292 g/mol. The van der Waals surface area contributed by atoms with E-state index in [9.17, 15) is 4.79 Å². The molecular weight excluding hydrogens is 276 g/mol. The van der Waals surface area contributed by atoms with Gasteiger partial charge in [0.15, 0.2) is 0 Å². The summed E-state index contributed by atoms with van der Waals surface area (Å²) in [6.07, 6.45) is 3.59. The molecule has 110 valence electrons. The second-order valence-electron chi connectivity index (χ2n) is 4.90. The number of nitrogens with zero attached hydrogens (tertiary/aromatic N) is 1. The van der Waals surface area contributed by atoms with Crippen LogP contribution in [0.3, 0.4) is 0 Å². The number of hydrogen-bond acceptors (Lipinski definition) is 3. The number of carbonyl (C=O) groups excluding carboxylic acids is 1. The minimum absolute atomic E-state index is 0.120. The van der Waals surface area contributed by atoms with Gasteiger partial charge >= 0.3 is 0 Å². The second-order valence-corrected chi connectivity index (χ2v) is 4.90. The van der Waals surface area contributed by atoms with Crippen molar-refractivity contribution in [1.82, 2.24) is 10.3 Å². The van der Waals surface area contributed by atoms with Gasteiger partial charge in [0.2, 0.25) is 0 Å². The van der Waals surface area contributed by atoms with Crippen molar-refractivity contribution < 1.29 is 9.53 Å². The van der Waals surface area contributed by atoms with Crippen LogP contribution in [0.25, 0.3) is 21.9 Å². The number of methoxy groups -OCH3 is 1. The Morgan fingerprint density at radius 1 is 1.14 bits per heavy atom. The third-order valence-corrected chi connectivity index (χ3v) is 3.66. The summed E-state index contributed by atoms with van der Waals surface area (Å²) in [5.41, 5.74) is 2.51. The molecule has 3 rings (SSSR count). The lowest BCUT2D eigenvalue weighted by Crippen LogP contribution is -2.17. The Balaban J connectivity index is 2.27. The summed E-state index contributed by atoms with van der Waals surface area (Å²) in [6, 6.07) is 13.4. The summed E-state index contributed by atoms with van der Waals surface area (Å²) in [5, 5.41) is 4.77. The van der Waals surface area contributed by atoms with Gasteiger partial charge in [-0.1, -0.05) is 18.2 Å². The summed E-state index contributed by atoms with van der Waals surface area (Å²) in [5.74, 6) is 0.614. The molecular formula is C18H16N2O2. The Hall–Kier alpha value is -2.88. The van der Waals surface area contributed by atoms with E-state index in [2.05, 4.69) is 10.3 Å². The van der Waals surface area contributed by atoms with Crippen LogP contribution >= 0.6 is 0 Å². The second kappa shape index (κ2) is 5.85. The standard InChI is InChI=1S/C18H16N2O2/c1-19-18(21)12-6-7-17(22-2)16(10-12)15-5-3-4-13-11-20-9-8-14(13)15/h3-11H,1-2H3,(H,19,21). The normalized spacial score (nSPS) is 10.5. The van der Waals surface area contributed by atoms with Gasteiger partial charge < -0.3 is 10.1 Å². The van der Waals surface area contributed by atoms with Crippen LogP contribution in [0, 0.1) is 0 Å². The lowest BCUT2D eigenvalue weighted by molar-refractivity contribution is 0.0963. The van der Waals surface area contributed by atoms with E-state index in [-0.39, 0.29) is 5.91 Å². The first-order valence-electron chi connectivity index (χ1n) is 6.98. The third kappa shape index (κ3) is 2.39. The van der Waals surface area contributed by atoms with Crippen LogP contribution in [0.2, 0.25) is 0 Å². The molecule has 0 radical (unpaired) electrons. The Morgan fingerprint density at radius 2 is 2.00 bits per heavy atom. The molecule has 0 aliphatic carbocycles. The molecule has 1 aromatic heterocycles. The topological polar surface area (TPSA) is 51.2 Å². The van der Waals surface area contributed by atoms with E-state index in [1.807, 2.05) is 42.6 Å². The van der Waals surface area contributed by atoms with Gasteiger partial charge in [0.1, 0.15) is 5.75 Å². The molecule has 3 aromatic rings. The van der Waals surface area contributed by atoms with Crippen LogP contribution in [-0.2, 0) is 0 Å². The zero-order valence-corrected chi connectivity index (χ0v) is 12.5. The number of ether oxygens (including phenoxy) is 1. The van der Waals surface area contributed by atoms with Gasteiger partial charge in [-0.05, 0) is 35.2 Å². The quantitative estimate of drug-likeness (QED) is 0.806. The largest absolute Gasteiger partial charge is 0.496 e. The molecule has 2 aromatic carbocycles. The number of hydrogen-bond donors (Lipinski definition) is 1. The SMILES string of the molecule is CNC(=O)c1ccc(OC)c(-c2cccc3cnccc23)c1. The first-order valence-corrected chi connectivity index (χ1v) is 6.98. The van der Waals surface area contributed by atoms with Crippen molar-refractivity contribution >= 4 is 16.7 Å². The van der Waals surface area contributed by atoms with E-state index in [4.69, 9.17) is 4.74 Å². The number of amides is 1. The average Bonchev–Trinajstić information content (AvgIpc) is 2.60. The van der Waals surface area contributed by atoms with Crippen molar-refractivity contribution in [3.05, 3.63) is 60.4 Å². The molecule has 0 spiro atoms. The highest BCUT2D eigenvalue weighted by atomic mass is 16.5. The van der Waals surface area contributed by atoms with Crippen LogP contribution in [0.4, 0.5) is 0 Å². The highest BCUT2D eigenvalue weighted by molar-refractivity contribution is 6.00. The number of rotatable bonds is 3. The summed E-state index contributed by atoms with van der Waals surface area (Å²) < 4.78 is 5.47. The van der Waals surface area contributed by atoms with Crippen LogP contribution in [0.15, 0.2) is 54.9 Å². The highest BCUT2D eigenvalue weighted by Crippen LogP contribution is 2.35. The Labute approximate surface area is 128 Å². The lowest BCUT2D eigenvalue weighted by Gasteiger charge is -2.12. The predicted molar refractivity (Wildman–Crippen MR) is 87.1 cm³/mol. The number of fused-ring (bicyclic) bond motifs is 1. The summed E-state index contributed by atoms with van der Waals surface area (Å²) in [4.78, 5) is 16.1. The molecule has 1 N–H and O–H groups in total. The highest BCUT2D eigenvalue weighted by Gasteiger charge is 2.13. The molecule has 4 nitrogen and oxygen atoms in total. The molecule has 22 heavy (non-hydrogen) atoms. The number of pyridine rings is 1. The van der Waals surface area contributed by atoms with Gasteiger partial charge in [-0.3, -0.25) is 9.78 Å². The van der Waals surface area contributed by atoms with E-state index in [1.54, 1.807) is 26.4 Å². The molecule has 1 heterocycles. The van der Waals surface area contributed by atoms with E-state index in [0.717, 1.165) is 27.6 Å². The summed E-state index contributed by atoms with van der Waals surface area (Å²) in [7, 11) is 3.25. The molecule has 0 bridgehead atoms. The fraction of sp³-hybridized carbons (Fsp3) is 0.111. The third-order valence-electron chi connectivity index (χ3n) is 3.66. The van der Waals surface area contributed by atoms with Crippen LogP contribution < -0.4 is 10.1 Å². The predicted octanol–water partition coefficient (Wildman–Crippen LogP) is 3.27. The van der Waals surface area contributed by atoms with Gasteiger partial charge in [0.05, 0.1) is 7.11 Å². The van der Waals surface area contributed by atoms with E-state index in [1.165, 1.54) is 0 Å². The fourth-order valence-corrected chi connectivity index (χ4v) is 2.56. The van der Waals surface area contributed by atoms with Crippen molar-refractivity contribution in [1.29, 1.82) is 0 Å². The first-order chi connectivity index (χ1) is 10.7. The maximum atomic E-state index is 11.9. The zero-order valence-electron chi connectivity index (χ0n) is 12.5. The van der Waals surface area contributed by atoms with Gasteiger partial charge in [0.25, 0.3) is 5.91 Å². The molecule has 0 aliphatic heterocycles. The van der Waals surface area contributed by atoms with Crippen LogP contribution in [0.1, 0.15) is 10.4 Å². The van der Waals surface area contributed by atoms with E-state index in [0.29, 0.717) is 5.56 Å². The van der Waals surface area contributed by atoms with Crippen molar-refractivity contribution in [3.8, 4) is 16.9 Å². The van der Waals surface area contributed by atoms with Gasteiger partial charge in [-0.25, -0.2) is 0 Å². The van der Waals surface area contributed by atoms with Crippen LogP contribution in [0.5, 0.6) is 5.75 Å². The molecule has 0 saturated heterocycles. The Morgan fingerprint density at radius 3 is 2.77 bits per heavy atom. The zero-order chi connectivity index (χ0) is 15.5. The van der Waals surface area contributed by atoms with Crippen molar-refractivity contribution in [2.45, 2.75) is 0 Å². The van der Waals surface area contributed by atoms with Crippen molar-refractivity contribution in [3.63, 3.8) is 0 Å².